The summed E-state index contributed by atoms with van der Waals surface area (Å²) >= 11 is 0. The molecule has 0 saturated heterocycles. The maximum absolute atomic E-state index is 13.2. The van der Waals surface area contributed by atoms with Crippen LogP contribution in [0.4, 0.5) is 20.2 Å². The number of carbonyl (C=O) groups excluding carboxylic acids is 1. The third-order valence-corrected chi connectivity index (χ3v) is 5.68. The van der Waals surface area contributed by atoms with Gasteiger partial charge in [-0.3, -0.25) is 13.8 Å². The van der Waals surface area contributed by atoms with Crippen LogP contribution in [0.3, 0.4) is 0 Å². The molecule has 152 valence electrons. The van der Waals surface area contributed by atoms with Crippen LogP contribution in [0.5, 0.6) is 11.6 Å². The molecule has 2 heterocycles. The van der Waals surface area contributed by atoms with Crippen molar-refractivity contribution < 1.29 is 31.5 Å². The second kappa shape index (κ2) is 7.62. The molecule has 0 bridgehead atoms. The van der Waals surface area contributed by atoms with E-state index in [9.17, 15) is 22.0 Å². The van der Waals surface area contributed by atoms with E-state index in [1.165, 1.54) is 23.7 Å². The predicted octanol–water partition coefficient (Wildman–Crippen LogP) is 2.05. The number of benzene rings is 1. The lowest BCUT2D eigenvalue weighted by Gasteiger charge is -2.30. The van der Waals surface area contributed by atoms with E-state index in [4.69, 9.17) is 4.74 Å². The minimum Gasteiger partial charge on any atom is -0.489 e. The van der Waals surface area contributed by atoms with Gasteiger partial charge >= 0.3 is 6.61 Å². The van der Waals surface area contributed by atoms with Crippen LogP contribution in [-0.2, 0) is 21.4 Å². The van der Waals surface area contributed by atoms with Gasteiger partial charge in [-0.25, -0.2) is 8.42 Å². The van der Waals surface area contributed by atoms with Gasteiger partial charge in [-0.2, -0.15) is 8.78 Å². The number of rotatable bonds is 6. The molecule has 2 aromatic rings. The summed E-state index contributed by atoms with van der Waals surface area (Å²) < 4.78 is 63.9. The van der Waals surface area contributed by atoms with E-state index < -0.39 is 27.4 Å². The molecule has 28 heavy (non-hydrogen) atoms. The zero-order valence-electron chi connectivity index (χ0n) is 15.1. The highest BCUT2D eigenvalue weighted by molar-refractivity contribution is 7.93. The normalized spacial score (nSPS) is 13.8. The molecule has 12 heteroatoms. The zero-order chi connectivity index (χ0) is 20.5. The Morgan fingerprint density at radius 3 is 2.82 bits per heavy atom. The Hall–Kier alpha value is -2.89. The van der Waals surface area contributed by atoms with Crippen LogP contribution in [0, 0.1) is 0 Å². The van der Waals surface area contributed by atoms with Gasteiger partial charge in [-0.05, 0) is 25.1 Å². The van der Waals surface area contributed by atoms with Crippen molar-refractivity contribution in [3.8, 4) is 11.6 Å². The van der Waals surface area contributed by atoms with Crippen LogP contribution in [0.1, 0.15) is 13.8 Å². The smallest absolute Gasteiger partial charge is 0.388 e. The van der Waals surface area contributed by atoms with E-state index in [1.807, 2.05) is 0 Å². The van der Waals surface area contributed by atoms with E-state index >= 15 is 0 Å². The third kappa shape index (κ3) is 3.86. The Bertz CT molecular complexity index is 993. The molecule has 0 unspecified atom stereocenters. The lowest BCUT2D eigenvalue weighted by atomic mass is 10.2. The minimum atomic E-state index is -4.29. The number of alkyl halides is 2. The molecule has 1 aliphatic rings. The molecular weight excluding hydrogens is 398 g/mol. The Kier molecular flexibility index (Phi) is 5.40. The molecule has 0 saturated carbocycles. The third-order valence-electron chi connectivity index (χ3n) is 3.89. The van der Waals surface area contributed by atoms with E-state index in [0.29, 0.717) is 5.69 Å². The zero-order valence-corrected chi connectivity index (χ0v) is 15.9. The van der Waals surface area contributed by atoms with Crippen molar-refractivity contribution in [1.29, 1.82) is 0 Å². The summed E-state index contributed by atoms with van der Waals surface area (Å²) in [6, 6.07) is 4.52. The SMILES string of the molecule is CCn1cc(S(=O)(=O)N2CCOc3ccc(NC(C)=O)cc32)c(OC(F)F)n1. The van der Waals surface area contributed by atoms with Gasteiger partial charge in [0.15, 0.2) is 4.90 Å². The second-order valence-corrected chi connectivity index (χ2v) is 7.65. The Labute approximate surface area is 159 Å². The van der Waals surface area contributed by atoms with E-state index in [2.05, 4.69) is 15.2 Å². The molecule has 1 aliphatic heterocycles. The van der Waals surface area contributed by atoms with Gasteiger partial charge in [0.1, 0.15) is 12.4 Å². The molecule has 0 aliphatic carbocycles. The maximum Gasteiger partial charge on any atom is 0.388 e. The first kappa shape index (κ1) is 19.9. The number of halogens is 2. The molecule has 0 radical (unpaired) electrons. The van der Waals surface area contributed by atoms with Crippen LogP contribution in [-0.4, -0.2) is 43.9 Å². The van der Waals surface area contributed by atoms with Crippen molar-refractivity contribution >= 4 is 27.3 Å². The average molecular weight is 416 g/mol. The molecule has 0 atom stereocenters. The van der Waals surface area contributed by atoms with Crippen LogP contribution in [0.15, 0.2) is 29.3 Å². The molecule has 1 aromatic heterocycles. The first-order chi connectivity index (χ1) is 13.2. The number of anilines is 2. The number of aryl methyl sites for hydroxylation is 1. The predicted molar refractivity (Wildman–Crippen MR) is 95.3 cm³/mol. The topological polar surface area (TPSA) is 103 Å². The van der Waals surface area contributed by atoms with Crippen molar-refractivity contribution in [3.05, 3.63) is 24.4 Å². The highest BCUT2D eigenvalue weighted by Crippen LogP contribution is 2.39. The summed E-state index contributed by atoms with van der Waals surface area (Å²) in [4.78, 5) is 10.8. The molecule has 3 rings (SSSR count). The Morgan fingerprint density at radius 2 is 2.18 bits per heavy atom. The van der Waals surface area contributed by atoms with Crippen LogP contribution >= 0.6 is 0 Å². The summed E-state index contributed by atoms with van der Waals surface area (Å²) in [5, 5.41) is 6.32. The average Bonchev–Trinajstić information content (AvgIpc) is 3.03. The fraction of sp³-hybridized carbons (Fsp3) is 0.375. The number of ether oxygens (including phenoxy) is 2. The van der Waals surface area contributed by atoms with Gasteiger partial charge in [-0.1, -0.05) is 0 Å². The Balaban J connectivity index is 2.07. The fourth-order valence-electron chi connectivity index (χ4n) is 2.73. The van der Waals surface area contributed by atoms with E-state index in [0.717, 1.165) is 10.5 Å². The van der Waals surface area contributed by atoms with Crippen molar-refractivity contribution in [2.45, 2.75) is 31.9 Å². The second-order valence-electron chi connectivity index (χ2n) is 5.82. The number of nitrogens with zero attached hydrogens (tertiary/aromatic N) is 3. The summed E-state index contributed by atoms with van der Waals surface area (Å²) in [7, 11) is -4.29. The van der Waals surface area contributed by atoms with Crippen molar-refractivity contribution in [3.63, 3.8) is 0 Å². The van der Waals surface area contributed by atoms with Gasteiger partial charge in [0, 0.05) is 25.4 Å². The first-order valence-electron chi connectivity index (χ1n) is 8.31. The van der Waals surface area contributed by atoms with E-state index in [-0.39, 0.29) is 37.0 Å². The monoisotopic (exact) mass is 416 g/mol. The number of amides is 1. The number of nitrogens with one attached hydrogen (secondary N) is 1. The molecule has 0 fully saturated rings. The van der Waals surface area contributed by atoms with Gasteiger partial charge in [0.05, 0.1) is 12.2 Å². The van der Waals surface area contributed by atoms with Crippen molar-refractivity contribution in [2.24, 2.45) is 0 Å². The molecule has 0 spiro atoms. The molecule has 1 amide bonds. The highest BCUT2D eigenvalue weighted by Gasteiger charge is 2.35. The van der Waals surface area contributed by atoms with E-state index in [1.54, 1.807) is 13.0 Å². The van der Waals surface area contributed by atoms with Gasteiger partial charge in [0.25, 0.3) is 15.9 Å². The number of fused-ring (bicyclic) bond motifs is 1. The standard InChI is InChI=1S/C16H18F2N4O5S/c1-3-21-9-14(15(20-21)27-16(17)18)28(24,25)22-6-7-26-13-5-4-11(8-12(13)22)19-10(2)23/h4-5,8-9,16H,3,6-7H2,1-2H3,(H,19,23). The Morgan fingerprint density at radius 1 is 1.43 bits per heavy atom. The number of carbonyl (C=O) groups is 1. The van der Waals surface area contributed by atoms with Crippen molar-refractivity contribution in [2.75, 3.05) is 22.8 Å². The lowest BCUT2D eigenvalue weighted by molar-refractivity contribution is -0.114. The number of sulfonamides is 1. The first-order valence-corrected chi connectivity index (χ1v) is 9.75. The van der Waals surface area contributed by atoms with Crippen LogP contribution in [0.25, 0.3) is 0 Å². The number of hydrogen-bond donors (Lipinski definition) is 1. The van der Waals surface area contributed by atoms with Crippen LogP contribution in [0.2, 0.25) is 0 Å². The maximum atomic E-state index is 13.2. The summed E-state index contributed by atoms with van der Waals surface area (Å²) in [5.74, 6) is -0.728. The number of aromatic nitrogens is 2. The fourth-order valence-corrected chi connectivity index (χ4v) is 4.25. The molecule has 9 nitrogen and oxygen atoms in total. The quantitative estimate of drug-likeness (QED) is 0.773. The molecule has 1 N–H and O–H groups in total. The van der Waals surface area contributed by atoms with Crippen LogP contribution < -0.4 is 19.1 Å². The minimum absolute atomic E-state index is 0.0513. The number of hydrogen-bond acceptors (Lipinski definition) is 6. The highest BCUT2D eigenvalue weighted by atomic mass is 32.2. The van der Waals surface area contributed by atoms with Crippen molar-refractivity contribution in [1.82, 2.24) is 9.78 Å². The van der Waals surface area contributed by atoms with Gasteiger partial charge < -0.3 is 14.8 Å². The van der Waals surface area contributed by atoms with Gasteiger partial charge in [0.2, 0.25) is 5.91 Å². The van der Waals surface area contributed by atoms with Gasteiger partial charge in [-0.15, -0.1) is 5.10 Å². The summed E-state index contributed by atoms with van der Waals surface area (Å²) in [5.41, 5.74) is 0.537. The summed E-state index contributed by atoms with van der Waals surface area (Å²) in [6.07, 6.45) is 1.14. The lowest BCUT2D eigenvalue weighted by Crippen LogP contribution is -2.38. The summed E-state index contributed by atoms with van der Waals surface area (Å²) in [6.45, 7) is 0.0545. The molecular formula is C16H18F2N4O5S. The largest absolute Gasteiger partial charge is 0.489 e. The molecule has 1 aromatic carbocycles.